The predicted molar refractivity (Wildman–Crippen MR) is 61.7 cm³/mol. The molecule has 0 fully saturated rings. The second kappa shape index (κ2) is 5.06. The van der Waals surface area contributed by atoms with Crippen molar-refractivity contribution in [3.05, 3.63) is 29.6 Å². The molecule has 0 unspecified atom stereocenters. The topological polar surface area (TPSA) is 68.9 Å². The molecule has 0 amide bonds. The van der Waals surface area contributed by atoms with E-state index in [1.54, 1.807) is 12.1 Å². The number of aliphatic hydroxyl groups excluding tert-OH is 1. The Labute approximate surface area is 95.9 Å². The highest BCUT2D eigenvalue weighted by Crippen LogP contribution is 2.13. The second-order valence-corrected chi connectivity index (χ2v) is 4.73. The Balaban J connectivity index is 2.66. The lowest BCUT2D eigenvalue weighted by Crippen LogP contribution is -2.38. The number of hydrogen-bond acceptors (Lipinski definition) is 4. The number of hydrogen-bond donors (Lipinski definition) is 2. The molecule has 0 saturated heterocycles. The van der Waals surface area contributed by atoms with Crippen LogP contribution >= 0.6 is 0 Å². The molecule has 0 bridgehead atoms. The van der Waals surface area contributed by atoms with Gasteiger partial charge in [-0.25, -0.2) is 4.98 Å². The van der Waals surface area contributed by atoms with Crippen molar-refractivity contribution in [3.8, 4) is 6.07 Å². The number of nitriles is 1. The lowest BCUT2D eigenvalue weighted by molar-refractivity contribution is 0.163. The fraction of sp³-hybridized carbons (Fsp3) is 0.500. The highest BCUT2D eigenvalue weighted by Gasteiger charge is 2.13. The van der Waals surface area contributed by atoms with Crippen molar-refractivity contribution >= 4 is 0 Å². The summed E-state index contributed by atoms with van der Waals surface area (Å²) in [6.07, 6.45) is 0.920. The standard InChI is InChI=1S/C12H17N3O/c1-12(2,3)15-8-11(16)9-4-5-14-10(6-9)7-13/h4-6,11,15-16H,8H2,1-3H3/t11-/m1/s1. The molecule has 1 atom stereocenters. The molecule has 4 nitrogen and oxygen atoms in total. The van der Waals surface area contributed by atoms with Crippen LogP contribution in [-0.4, -0.2) is 22.2 Å². The van der Waals surface area contributed by atoms with Crippen LogP contribution in [-0.2, 0) is 0 Å². The summed E-state index contributed by atoms with van der Waals surface area (Å²) in [5, 5.41) is 21.8. The van der Waals surface area contributed by atoms with E-state index in [2.05, 4.69) is 10.3 Å². The Morgan fingerprint density at radius 1 is 1.56 bits per heavy atom. The lowest BCUT2D eigenvalue weighted by atomic mass is 10.1. The van der Waals surface area contributed by atoms with Gasteiger partial charge in [0.25, 0.3) is 0 Å². The van der Waals surface area contributed by atoms with Gasteiger partial charge in [0.15, 0.2) is 0 Å². The van der Waals surface area contributed by atoms with E-state index < -0.39 is 6.10 Å². The zero-order valence-electron chi connectivity index (χ0n) is 9.86. The third kappa shape index (κ3) is 3.97. The minimum Gasteiger partial charge on any atom is -0.387 e. The molecule has 1 rings (SSSR count). The molecule has 1 aromatic heterocycles. The van der Waals surface area contributed by atoms with Gasteiger partial charge in [-0.2, -0.15) is 5.26 Å². The normalized spacial score (nSPS) is 13.2. The van der Waals surface area contributed by atoms with Gasteiger partial charge in [0.05, 0.1) is 6.10 Å². The van der Waals surface area contributed by atoms with E-state index in [0.717, 1.165) is 0 Å². The molecule has 0 saturated carbocycles. The Hall–Kier alpha value is -1.44. The molecule has 86 valence electrons. The maximum absolute atomic E-state index is 9.90. The number of pyridine rings is 1. The highest BCUT2D eigenvalue weighted by molar-refractivity contribution is 5.26. The van der Waals surface area contributed by atoms with Gasteiger partial charge in [-0.15, -0.1) is 0 Å². The van der Waals surface area contributed by atoms with Crippen molar-refractivity contribution in [3.63, 3.8) is 0 Å². The van der Waals surface area contributed by atoms with E-state index in [1.165, 1.54) is 6.20 Å². The molecule has 2 N–H and O–H groups in total. The lowest BCUT2D eigenvalue weighted by Gasteiger charge is -2.23. The molecule has 0 aromatic carbocycles. The minimum atomic E-state index is -0.616. The molecule has 0 aliphatic carbocycles. The third-order valence-corrected chi connectivity index (χ3v) is 2.11. The van der Waals surface area contributed by atoms with Crippen LogP contribution in [0.1, 0.15) is 38.1 Å². The van der Waals surface area contributed by atoms with E-state index in [-0.39, 0.29) is 5.54 Å². The smallest absolute Gasteiger partial charge is 0.140 e. The van der Waals surface area contributed by atoms with E-state index in [9.17, 15) is 5.11 Å². The summed E-state index contributed by atoms with van der Waals surface area (Å²) in [4.78, 5) is 3.86. The molecule has 0 aliphatic rings. The largest absolute Gasteiger partial charge is 0.387 e. The van der Waals surface area contributed by atoms with Crippen LogP contribution in [0.25, 0.3) is 0 Å². The summed E-state index contributed by atoms with van der Waals surface area (Å²) in [6.45, 7) is 6.56. The van der Waals surface area contributed by atoms with Gasteiger partial charge in [0.2, 0.25) is 0 Å². The molecule has 0 aliphatic heterocycles. The summed E-state index contributed by atoms with van der Waals surface area (Å²) in [6, 6.07) is 5.28. The first-order valence-electron chi connectivity index (χ1n) is 5.21. The number of aromatic nitrogens is 1. The number of β-amino-alcohol motifs (C(OH)–C–C–N with tert-alkyl or cyclic N) is 1. The van der Waals surface area contributed by atoms with Crippen LogP contribution in [0.2, 0.25) is 0 Å². The highest BCUT2D eigenvalue weighted by atomic mass is 16.3. The van der Waals surface area contributed by atoms with E-state index >= 15 is 0 Å². The van der Waals surface area contributed by atoms with Crippen LogP contribution in [0.5, 0.6) is 0 Å². The fourth-order valence-corrected chi connectivity index (χ4v) is 1.24. The van der Waals surface area contributed by atoms with E-state index in [4.69, 9.17) is 5.26 Å². The minimum absolute atomic E-state index is 0.0356. The Bertz CT molecular complexity index is 390. The summed E-state index contributed by atoms with van der Waals surface area (Å²) >= 11 is 0. The van der Waals surface area contributed by atoms with Crippen LogP contribution in [0.3, 0.4) is 0 Å². The van der Waals surface area contributed by atoms with Crippen LogP contribution < -0.4 is 5.32 Å². The van der Waals surface area contributed by atoms with E-state index in [1.807, 2.05) is 26.8 Å². The zero-order chi connectivity index (χ0) is 12.2. The van der Waals surface area contributed by atoms with Gasteiger partial charge in [0, 0.05) is 18.3 Å². The van der Waals surface area contributed by atoms with Gasteiger partial charge in [0.1, 0.15) is 11.8 Å². The van der Waals surface area contributed by atoms with Gasteiger partial charge in [-0.3, -0.25) is 0 Å². The molecule has 4 heteroatoms. The van der Waals surface area contributed by atoms with Crippen molar-refractivity contribution in [2.45, 2.75) is 32.4 Å². The number of aliphatic hydroxyl groups is 1. The molecule has 1 aromatic rings. The quantitative estimate of drug-likeness (QED) is 0.805. The summed E-state index contributed by atoms with van der Waals surface area (Å²) < 4.78 is 0. The van der Waals surface area contributed by atoms with Crippen LogP contribution in [0.4, 0.5) is 0 Å². The number of nitrogens with zero attached hydrogens (tertiary/aromatic N) is 2. The molecule has 1 heterocycles. The van der Waals surface area contributed by atoms with Crippen LogP contribution in [0.15, 0.2) is 18.3 Å². The maximum Gasteiger partial charge on any atom is 0.140 e. The first-order valence-corrected chi connectivity index (χ1v) is 5.21. The summed E-state index contributed by atoms with van der Waals surface area (Å²) in [5.41, 5.74) is 1.00. The third-order valence-electron chi connectivity index (χ3n) is 2.11. The van der Waals surface area contributed by atoms with Crippen molar-refractivity contribution in [2.24, 2.45) is 0 Å². The maximum atomic E-state index is 9.90. The first kappa shape index (κ1) is 12.6. The molecule has 0 radical (unpaired) electrons. The van der Waals surface area contributed by atoms with Gasteiger partial charge in [-0.05, 0) is 38.5 Å². The summed E-state index contributed by atoms with van der Waals surface area (Å²) in [7, 11) is 0. The van der Waals surface area contributed by atoms with E-state index in [0.29, 0.717) is 17.8 Å². The van der Waals surface area contributed by atoms with Crippen LogP contribution in [0, 0.1) is 11.3 Å². The summed E-state index contributed by atoms with van der Waals surface area (Å²) in [5.74, 6) is 0. The molecular formula is C12H17N3O. The van der Waals surface area contributed by atoms with Crippen molar-refractivity contribution < 1.29 is 5.11 Å². The van der Waals surface area contributed by atoms with Gasteiger partial charge >= 0.3 is 0 Å². The first-order chi connectivity index (χ1) is 7.42. The average Bonchev–Trinajstić information content (AvgIpc) is 2.25. The predicted octanol–water partition coefficient (Wildman–Crippen LogP) is 1.37. The monoisotopic (exact) mass is 219 g/mol. The fourth-order valence-electron chi connectivity index (χ4n) is 1.24. The number of rotatable bonds is 3. The van der Waals surface area contributed by atoms with Gasteiger partial charge < -0.3 is 10.4 Å². The molecular weight excluding hydrogens is 202 g/mol. The van der Waals surface area contributed by atoms with Crippen molar-refractivity contribution in [2.75, 3.05) is 6.54 Å². The molecule has 0 spiro atoms. The van der Waals surface area contributed by atoms with Gasteiger partial charge in [-0.1, -0.05) is 0 Å². The Kier molecular flexibility index (Phi) is 3.99. The average molecular weight is 219 g/mol. The number of nitrogens with one attached hydrogen (secondary N) is 1. The zero-order valence-corrected chi connectivity index (χ0v) is 9.86. The second-order valence-electron chi connectivity index (χ2n) is 4.73. The molecule has 16 heavy (non-hydrogen) atoms. The Morgan fingerprint density at radius 2 is 2.25 bits per heavy atom. The Morgan fingerprint density at radius 3 is 2.81 bits per heavy atom. The van der Waals surface area contributed by atoms with Crippen molar-refractivity contribution in [1.82, 2.24) is 10.3 Å². The SMILES string of the molecule is CC(C)(C)NC[C@@H](O)c1ccnc(C#N)c1. The van der Waals surface area contributed by atoms with Crippen molar-refractivity contribution in [1.29, 1.82) is 5.26 Å².